The van der Waals surface area contributed by atoms with Crippen molar-refractivity contribution in [3.8, 4) is 23.5 Å². The number of hydrogen-bond donors (Lipinski definition) is 0. The van der Waals surface area contributed by atoms with Gasteiger partial charge in [0.2, 0.25) is 0 Å². The van der Waals surface area contributed by atoms with Crippen LogP contribution in [0.15, 0.2) is 36.7 Å². The van der Waals surface area contributed by atoms with Gasteiger partial charge in [-0.1, -0.05) is 0 Å². The van der Waals surface area contributed by atoms with E-state index in [2.05, 4.69) is 16.0 Å². The Morgan fingerprint density at radius 1 is 1.00 bits per heavy atom. The minimum Gasteiger partial charge on any atom is -0.253 e. The highest BCUT2D eigenvalue weighted by Crippen LogP contribution is 2.17. The summed E-state index contributed by atoms with van der Waals surface area (Å²) in [5.41, 5.74) is 2.09. The van der Waals surface area contributed by atoms with E-state index in [0.717, 1.165) is 0 Å². The summed E-state index contributed by atoms with van der Waals surface area (Å²) < 4.78 is 0. The van der Waals surface area contributed by atoms with Gasteiger partial charge in [0.1, 0.15) is 17.8 Å². The van der Waals surface area contributed by atoms with Crippen molar-refractivity contribution in [2.45, 2.75) is 0 Å². The van der Waals surface area contributed by atoms with Crippen molar-refractivity contribution in [1.82, 2.24) is 9.97 Å². The molecule has 0 aliphatic heterocycles. The van der Waals surface area contributed by atoms with Gasteiger partial charge in [0, 0.05) is 12.4 Å². The zero-order chi connectivity index (χ0) is 11.4. The van der Waals surface area contributed by atoms with Gasteiger partial charge in [0.05, 0.1) is 16.8 Å². The average molecular weight is 206 g/mol. The molecule has 0 atom stereocenters. The molecule has 0 saturated heterocycles. The third-order valence-corrected chi connectivity index (χ3v) is 2.06. The first-order valence-corrected chi connectivity index (χ1v) is 4.57. The molecule has 0 N–H and O–H groups in total. The summed E-state index contributed by atoms with van der Waals surface area (Å²) in [6, 6.07) is 10.8. The van der Waals surface area contributed by atoms with Crippen molar-refractivity contribution in [3.05, 3.63) is 47.8 Å². The molecule has 2 aromatic heterocycles. The van der Waals surface area contributed by atoms with Crippen LogP contribution in [0.3, 0.4) is 0 Å². The lowest BCUT2D eigenvalue weighted by Gasteiger charge is -2.00. The highest BCUT2D eigenvalue weighted by Gasteiger charge is 2.06. The molecule has 2 aromatic rings. The van der Waals surface area contributed by atoms with Gasteiger partial charge in [-0.2, -0.15) is 10.5 Å². The predicted octanol–water partition coefficient (Wildman–Crippen LogP) is 1.89. The highest BCUT2D eigenvalue weighted by atomic mass is 14.8. The molecule has 0 bridgehead atoms. The van der Waals surface area contributed by atoms with Gasteiger partial charge in [0.15, 0.2) is 0 Å². The van der Waals surface area contributed by atoms with Crippen LogP contribution in [0.4, 0.5) is 0 Å². The summed E-state index contributed by atoms with van der Waals surface area (Å²) in [6.45, 7) is 0. The Bertz CT molecular complexity index is 588. The maximum atomic E-state index is 8.91. The molecule has 2 rings (SSSR count). The monoisotopic (exact) mass is 206 g/mol. The topological polar surface area (TPSA) is 73.4 Å². The molecule has 2 heterocycles. The van der Waals surface area contributed by atoms with Crippen LogP contribution in [-0.4, -0.2) is 9.97 Å². The van der Waals surface area contributed by atoms with Crippen LogP contribution in [0, 0.1) is 22.7 Å². The van der Waals surface area contributed by atoms with E-state index >= 15 is 0 Å². The second kappa shape index (κ2) is 4.20. The van der Waals surface area contributed by atoms with Crippen molar-refractivity contribution in [1.29, 1.82) is 10.5 Å². The van der Waals surface area contributed by atoms with E-state index in [1.165, 1.54) is 6.20 Å². The summed E-state index contributed by atoms with van der Waals surface area (Å²) >= 11 is 0. The van der Waals surface area contributed by atoms with Crippen LogP contribution in [0.25, 0.3) is 11.4 Å². The normalized spacial score (nSPS) is 9.12. The molecule has 0 saturated carbocycles. The number of aromatic nitrogens is 2. The van der Waals surface area contributed by atoms with E-state index in [4.69, 9.17) is 10.5 Å². The van der Waals surface area contributed by atoms with Crippen molar-refractivity contribution in [2.24, 2.45) is 0 Å². The molecule has 0 amide bonds. The molecule has 74 valence electrons. The largest absolute Gasteiger partial charge is 0.253 e. The molecule has 0 radical (unpaired) electrons. The summed E-state index contributed by atoms with van der Waals surface area (Å²) in [5.74, 6) is 0. The van der Waals surface area contributed by atoms with Gasteiger partial charge in [-0.15, -0.1) is 0 Å². The van der Waals surface area contributed by atoms with E-state index in [9.17, 15) is 0 Å². The van der Waals surface area contributed by atoms with Crippen LogP contribution in [0.5, 0.6) is 0 Å². The maximum absolute atomic E-state index is 8.91. The lowest BCUT2D eigenvalue weighted by molar-refractivity contribution is 1.22. The number of rotatable bonds is 1. The molecule has 4 nitrogen and oxygen atoms in total. The van der Waals surface area contributed by atoms with Crippen molar-refractivity contribution in [3.63, 3.8) is 0 Å². The average Bonchev–Trinajstić information content (AvgIpc) is 2.39. The first-order valence-electron chi connectivity index (χ1n) is 4.57. The number of nitriles is 2. The van der Waals surface area contributed by atoms with E-state index in [1.54, 1.807) is 30.5 Å². The van der Waals surface area contributed by atoms with E-state index in [1.807, 2.05) is 6.07 Å². The summed E-state index contributed by atoms with van der Waals surface area (Å²) in [6.07, 6.45) is 3.07. The summed E-state index contributed by atoms with van der Waals surface area (Å²) in [7, 11) is 0. The molecule has 4 heteroatoms. The Hall–Kier alpha value is -2.72. The molecule has 0 aliphatic rings. The summed E-state index contributed by atoms with van der Waals surface area (Å²) in [4.78, 5) is 8.20. The highest BCUT2D eigenvalue weighted by molar-refractivity contribution is 5.62. The van der Waals surface area contributed by atoms with E-state index < -0.39 is 0 Å². The van der Waals surface area contributed by atoms with E-state index in [0.29, 0.717) is 22.5 Å². The van der Waals surface area contributed by atoms with Crippen LogP contribution >= 0.6 is 0 Å². The summed E-state index contributed by atoms with van der Waals surface area (Å²) in [5, 5.41) is 17.6. The van der Waals surface area contributed by atoms with Gasteiger partial charge in [-0.05, 0) is 24.3 Å². The lowest BCUT2D eigenvalue weighted by atomic mass is 10.1. The Morgan fingerprint density at radius 3 is 2.50 bits per heavy atom. The second-order valence-corrected chi connectivity index (χ2v) is 3.06. The van der Waals surface area contributed by atoms with Crippen LogP contribution < -0.4 is 0 Å². The van der Waals surface area contributed by atoms with Gasteiger partial charge in [-0.25, -0.2) is 0 Å². The Balaban J connectivity index is 2.52. The molecular weight excluding hydrogens is 200 g/mol. The first-order chi connectivity index (χ1) is 7.85. The Labute approximate surface area is 92.4 Å². The van der Waals surface area contributed by atoms with Crippen LogP contribution in [0.1, 0.15) is 11.1 Å². The number of hydrogen-bond acceptors (Lipinski definition) is 4. The van der Waals surface area contributed by atoms with Crippen molar-refractivity contribution >= 4 is 0 Å². The Kier molecular flexibility index (Phi) is 2.58. The van der Waals surface area contributed by atoms with Crippen molar-refractivity contribution in [2.75, 3.05) is 0 Å². The SMILES string of the molecule is N#Cc1ccc(-c2ncccc2C#N)nc1. The molecule has 0 aliphatic carbocycles. The lowest BCUT2D eigenvalue weighted by Crippen LogP contribution is -1.91. The fraction of sp³-hybridized carbons (Fsp3) is 0. The number of nitrogens with zero attached hydrogens (tertiary/aromatic N) is 4. The Morgan fingerprint density at radius 2 is 1.88 bits per heavy atom. The van der Waals surface area contributed by atoms with Crippen molar-refractivity contribution < 1.29 is 0 Å². The van der Waals surface area contributed by atoms with E-state index in [-0.39, 0.29) is 0 Å². The third-order valence-electron chi connectivity index (χ3n) is 2.06. The van der Waals surface area contributed by atoms with Gasteiger partial charge < -0.3 is 0 Å². The minimum atomic E-state index is 0.472. The third kappa shape index (κ3) is 1.73. The molecule has 16 heavy (non-hydrogen) atoms. The quantitative estimate of drug-likeness (QED) is 0.714. The molecule has 0 fully saturated rings. The van der Waals surface area contributed by atoms with Gasteiger partial charge in [0.25, 0.3) is 0 Å². The predicted molar refractivity (Wildman–Crippen MR) is 56.9 cm³/mol. The molecule has 0 spiro atoms. The smallest absolute Gasteiger partial charge is 0.106 e. The first kappa shape index (κ1) is 9.82. The molecule has 0 unspecified atom stereocenters. The van der Waals surface area contributed by atoms with Gasteiger partial charge >= 0.3 is 0 Å². The maximum Gasteiger partial charge on any atom is 0.106 e. The molecule has 0 aromatic carbocycles. The van der Waals surface area contributed by atoms with Crippen LogP contribution in [-0.2, 0) is 0 Å². The van der Waals surface area contributed by atoms with Crippen LogP contribution in [0.2, 0.25) is 0 Å². The zero-order valence-corrected chi connectivity index (χ0v) is 8.25. The fourth-order valence-corrected chi connectivity index (χ4v) is 1.30. The van der Waals surface area contributed by atoms with Gasteiger partial charge in [-0.3, -0.25) is 9.97 Å². The minimum absolute atomic E-state index is 0.472. The second-order valence-electron chi connectivity index (χ2n) is 3.06. The standard InChI is InChI=1S/C12H6N4/c13-6-9-3-4-11(16-8-9)12-10(7-14)2-1-5-15-12/h1-5,8H. The molecular formula is C12H6N4. The fourth-order valence-electron chi connectivity index (χ4n) is 1.30. The number of pyridine rings is 2. The zero-order valence-electron chi connectivity index (χ0n) is 8.25.